The lowest BCUT2D eigenvalue weighted by atomic mass is 10.2. The van der Waals surface area contributed by atoms with E-state index in [1.54, 1.807) is 0 Å². The Hall–Kier alpha value is -0.610. The van der Waals surface area contributed by atoms with E-state index in [4.69, 9.17) is 10.5 Å². The Morgan fingerprint density at radius 1 is 1.43 bits per heavy atom. The van der Waals surface area contributed by atoms with E-state index in [0.29, 0.717) is 13.2 Å². The van der Waals surface area contributed by atoms with Gasteiger partial charge < -0.3 is 15.8 Å². The van der Waals surface area contributed by atoms with Crippen molar-refractivity contribution >= 4 is 5.91 Å². The average Bonchev–Trinajstić information content (AvgIpc) is 2.15. The van der Waals surface area contributed by atoms with Gasteiger partial charge in [-0.1, -0.05) is 26.7 Å². The second-order valence-corrected chi connectivity index (χ2v) is 3.29. The first-order chi connectivity index (χ1) is 6.72. The van der Waals surface area contributed by atoms with Gasteiger partial charge in [-0.15, -0.1) is 0 Å². The fourth-order valence-corrected chi connectivity index (χ4v) is 1.14. The van der Waals surface area contributed by atoms with Crippen molar-refractivity contribution in [3.05, 3.63) is 0 Å². The summed E-state index contributed by atoms with van der Waals surface area (Å²) in [7, 11) is 0. The van der Waals surface area contributed by atoms with Crippen LogP contribution in [-0.2, 0) is 9.53 Å². The number of rotatable bonds is 9. The normalized spacial score (nSPS) is 12.7. The van der Waals surface area contributed by atoms with Crippen LogP contribution in [0.4, 0.5) is 0 Å². The Bertz CT molecular complexity index is 151. The third-order valence-electron chi connectivity index (χ3n) is 1.97. The quantitative estimate of drug-likeness (QED) is 0.540. The summed E-state index contributed by atoms with van der Waals surface area (Å²) >= 11 is 0. The minimum Gasteiger partial charge on any atom is -0.379 e. The van der Waals surface area contributed by atoms with Crippen molar-refractivity contribution in [2.45, 2.75) is 39.2 Å². The number of hydrogen-bond donors (Lipinski definition) is 2. The first kappa shape index (κ1) is 13.4. The number of unbranched alkanes of at least 4 members (excludes halogenated alkanes) is 2. The van der Waals surface area contributed by atoms with Gasteiger partial charge >= 0.3 is 0 Å². The van der Waals surface area contributed by atoms with Crippen molar-refractivity contribution in [2.75, 3.05) is 19.8 Å². The van der Waals surface area contributed by atoms with Crippen LogP contribution in [0.5, 0.6) is 0 Å². The molecule has 0 aromatic rings. The predicted octanol–water partition coefficient (Wildman–Crippen LogP) is 0.657. The predicted molar refractivity (Wildman–Crippen MR) is 57.0 cm³/mol. The fraction of sp³-hybridized carbons (Fsp3) is 0.900. The van der Waals surface area contributed by atoms with E-state index in [9.17, 15) is 4.79 Å². The van der Waals surface area contributed by atoms with Crippen molar-refractivity contribution < 1.29 is 9.53 Å². The number of hydrogen-bond acceptors (Lipinski definition) is 3. The van der Waals surface area contributed by atoms with Gasteiger partial charge in [0, 0.05) is 6.61 Å². The van der Waals surface area contributed by atoms with E-state index in [1.165, 1.54) is 12.8 Å². The van der Waals surface area contributed by atoms with Gasteiger partial charge in [-0.05, 0) is 13.0 Å². The van der Waals surface area contributed by atoms with Crippen molar-refractivity contribution in [1.82, 2.24) is 5.32 Å². The van der Waals surface area contributed by atoms with Crippen molar-refractivity contribution in [2.24, 2.45) is 5.73 Å². The maximum absolute atomic E-state index is 10.9. The van der Waals surface area contributed by atoms with Crippen LogP contribution in [0.2, 0.25) is 0 Å². The Balaban J connectivity index is 3.46. The molecule has 0 fully saturated rings. The zero-order valence-corrected chi connectivity index (χ0v) is 9.21. The molecule has 0 aromatic carbocycles. The van der Waals surface area contributed by atoms with Gasteiger partial charge in [-0.3, -0.25) is 4.79 Å². The van der Waals surface area contributed by atoms with E-state index in [0.717, 1.165) is 13.0 Å². The topological polar surface area (TPSA) is 64.3 Å². The van der Waals surface area contributed by atoms with Crippen LogP contribution >= 0.6 is 0 Å². The van der Waals surface area contributed by atoms with E-state index in [2.05, 4.69) is 12.2 Å². The fourth-order valence-electron chi connectivity index (χ4n) is 1.14. The maximum atomic E-state index is 10.9. The summed E-state index contributed by atoms with van der Waals surface area (Å²) in [4.78, 5) is 10.9. The Morgan fingerprint density at radius 2 is 2.14 bits per heavy atom. The third kappa shape index (κ3) is 6.86. The van der Waals surface area contributed by atoms with Gasteiger partial charge in [-0.25, -0.2) is 0 Å². The minimum absolute atomic E-state index is 0.345. The zero-order valence-electron chi connectivity index (χ0n) is 9.21. The highest BCUT2D eigenvalue weighted by Gasteiger charge is 2.12. The number of primary amides is 1. The second kappa shape index (κ2) is 8.97. The molecule has 3 N–H and O–H groups in total. The molecule has 14 heavy (non-hydrogen) atoms. The van der Waals surface area contributed by atoms with Crippen LogP contribution < -0.4 is 11.1 Å². The van der Waals surface area contributed by atoms with Crippen molar-refractivity contribution in [3.8, 4) is 0 Å². The minimum atomic E-state index is -0.346. The molecule has 0 spiro atoms. The summed E-state index contributed by atoms with van der Waals surface area (Å²) in [5.41, 5.74) is 5.18. The van der Waals surface area contributed by atoms with Crippen LogP contribution in [0.15, 0.2) is 0 Å². The molecule has 0 radical (unpaired) electrons. The summed E-state index contributed by atoms with van der Waals surface area (Å²) in [6.45, 7) is 5.90. The van der Waals surface area contributed by atoms with Gasteiger partial charge in [0.15, 0.2) is 0 Å². The lowest BCUT2D eigenvalue weighted by Gasteiger charge is -2.14. The van der Waals surface area contributed by atoms with Gasteiger partial charge in [-0.2, -0.15) is 0 Å². The van der Waals surface area contributed by atoms with Gasteiger partial charge in [0.1, 0.15) is 6.04 Å². The summed E-state index contributed by atoms with van der Waals surface area (Å²) in [6, 6.07) is -0.346. The highest BCUT2D eigenvalue weighted by Crippen LogP contribution is 1.95. The smallest absolute Gasteiger partial charge is 0.236 e. The number of likely N-dealkylation sites (N-methyl/N-ethyl adjacent to an activating group) is 1. The standard InChI is InChI=1S/C10H22N2O2/c1-3-5-6-7-14-8-9(10(11)13)12-4-2/h9,12H,3-8H2,1-2H3,(H2,11,13). The number of ether oxygens (including phenoxy) is 1. The summed E-state index contributed by atoms with van der Waals surface area (Å²) < 4.78 is 5.35. The molecule has 84 valence electrons. The van der Waals surface area contributed by atoms with E-state index < -0.39 is 0 Å². The maximum Gasteiger partial charge on any atom is 0.236 e. The number of nitrogens with two attached hydrogens (primary N) is 1. The Labute approximate surface area is 86.2 Å². The Morgan fingerprint density at radius 3 is 2.64 bits per heavy atom. The monoisotopic (exact) mass is 202 g/mol. The van der Waals surface area contributed by atoms with Crippen LogP contribution in [-0.4, -0.2) is 31.7 Å². The van der Waals surface area contributed by atoms with Crippen LogP contribution in [0.25, 0.3) is 0 Å². The molecule has 0 aliphatic carbocycles. The Kier molecular flexibility index (Phi) is 8.57. The van der Waals surface area contributed by atoms with Crippen molar-refractivity contribution in [3.63, 3.8) is 0 Å². The van der Waals surface area contributed by atoms with Crippen LogP contribution in [0, 0.1) is 0 Å². The number of amides is 1. The number of carbonyl (C=O) groups is 1. The van der Waals surface area contributed by atoms with E-state index >= 15 is 0 Å². The molecule has 0 rings (SSSR count). The molecule has 4 nitrogen and oxygen atoms in total. The van der Waals surface area contributed by atoms with Gasteiger partial charge in [0.25, 0.3) is 0 Å². The molecule has 1 amide bonds. The van der Waals surface area contributed by atoms with Crippen LogP contribution in [0.3, 0.4) is 0 Å². The second-order valence-electron chi connectivity index (χ2n) is 3.29. The number of nitrogens with one attached hydrogen (secondary N) is 1. The summed E-state index contributed by atoms with van der Waals surface area (Å²) in [5, 5.41) is 2.97. The molecule has 4 heteroatoms. The molecule has 1 atom stereocenters. The molecule has 0 bridgehead atoms. The van der Waals surface area contributed by atoms with Crippen molar-refractivity contribution in [1.29, 1.82) is 0 Å². The number of carbonyl (C=O) groups excluding carboxylic acids is 1. The highest BCUT2D eigenvalue weighted by molar-refractivity contribution is 5.79. The average molecular weight is 202 g/mol. The molecular weight excluding hydrogens is 180 g/mol. The molecule has 0 aliphatic rings. The highest BCUT2D eigenvalue weighted by atomic mass is 16.5. The molecule has 0 heterocycles. The molecule has 0 saturated heterocycles. The molecule has 0 aliphatic heterocycles. The van der Waals surface area contributed by atoms with Gasteiger partial charge in [0.05, 0.1) is 6.61 Å². The SMILES string of the molecule is CCCCCOCC(NCC)C(N)=O. The molecule has 1 unspecified atom stereocenters. The zero-order chi connectivity index (χ0) is 10.8. The van der Waals surface area contributed by atoms with E-state index in [1.807, 2.05) is 6.92 Å². The molecule has 0 saturated carbocycles. The van der Waals surface area contributed by atoms with Crippen LogP contribution in [0.1, 0.15) is 33.1 Å². The first-order valence-corrected chi connectivity index (χ1v) is 5.32. The summed E-state index contributed by atoms with van der Waals surface area (Å²) in [5.74, 6) is -0.345. The van der Waals surface area contributed by atoms with Gasteiger partial charge in [0.2, 0.25) is 5.91 Å². The molecular formula is C10H22N2O2. The summed E-state index contributed by atoms with van der Waals surface area (Å²) in [6.07, 6.45) is 3.40. The largest absolute Gasteiger partial charge is 0.379 e. The first-order valence-electron chi connectivity index (χ1n) is 5.32. The third-order valence-corrected chi connectivity index (χ3v) is 1.97. The lowest BCUT2D eigenvalue weighted by molar-refractivity contribution is -0.121. The lowest BCUT2D eigenvalue weighted by Crippen LogP contribution is -2.44. The van der Waals surface area contributed by atoms with E-state index in [-0.39, 0.29) is 11.9 Å². The molecule has 0 aromatic heterocycles.